The third-order valence-corrected chi connectivity index (χ3v) is 1.95. The van der Waals surface area contributed by atoms with Gasteiger partial charge in [-0.2, -0.15) is 0 Å². The lowest BCUT2D eigenvalue weighted by molar-refractivity contribution is 1.21. The van der Waals surface area contributed by atoms with Gasteiger partial charge in [0.1, 0.15) is 0 Å². The first-order chi connectivity index (χ1) is 6.63. The van der Waals surface area contributed by atoms with E-state index in [2.05, 4.69) is 25.1 Å². The summed E-state index contributed by atoms with van der Waals surface area (Å²) in [6, 6.07) is 0. The van der Waals surface area contributed by atoms with Gasteiger partial charge >= 0.3 is 0 Å². The molecule has 0 radical (unpaired) electrons. The van der Waals surface area contributed by atoms with Crippen molar-refractivity contribution in [2.75, 3.05) is 0 Å². The van der Waals surface area contributed by atoms with Crippen LogP contribution in [0.15, 0.2) is 53.2 Å². The number of halogens is 1. The van der Waals surface area contributed by atoms with Crippen LogP contribution in [-0.2, 0) is 0 Å². The van der Waals surface area contributed by atoms with Gasteiger partial charge in [0, 0.05) is 22.5 Å². The van der Waals surface area contributed by atoms with Crippen LogP contribution in [0.2, 0.25) is 0 Å². The number of hydrogen-bond acceptors (Lipinski definition) is 1. The van der Waals surface area contributed by atoms with E-state index in [-0.39, 0.29) is 0 Å². The van der Waals surface area contributed by atoms with Crippen LogP contribution < -0.4 is 0 Å². The zero-order valence-electron chi connectivity index (χ0n) is 8.76. The molecule has 0 atom stereocenters. The van der Waals surface area contributed by atoms with E-state index in [1.165, 1.54) is 0 Å². The first-order valence-corrected chi connectivity index (χ1v) is 4.88. The van der Waals surface area contributed by atoms with Gasteiger partial charge in [-0.05, 0) is 19.4 Å². The summed E-state index contributed by atoms with van der Waals surface area (Å²) in [5.41, 5.74) is 1.55. The predicted octanol–water partition coefficient (Wildman–Crippen LogP) is 4.24. The SMILES string of the molecule is C=C/C=C(/Cl)C(=C)C(C)=N/C=C\CC. The highest BCUT2D eigenvalue weighted by atomic mass is 35.5. The van der Waals surface area contributed by atoms with E-state index in [0.717, 1.165) is 17.7 Å². The Morgan fingerprint density at radius 3 is 2.64 bits per heavy atom. The molecule has 0 aromatic heterocycles. The summed E-state index contributed by atoms with van der Waals surface area (Å²) in [4.78, 5) is 4.19. The summed E-state index contributed by atoms with van der Waals surface area (Å²) < 4.78 is 0. The summed E-state index contributed by atoms with van der Waals surface area (Å²) >= 11 is 5.92. The lowest BCUT2D eigenvalue weighted by atomic mass is 10.2. The molecule has 76 valence electrons. The largest absolute Gasteiger partial charge is 0.261 e. The fourth-order valence-corrected chi connectivity index (χ4v) is 0.951. The second-order valence-corrected chi connectivity index (χ2v) is 3.14. The van der Waals surface area contributed by atoms with Gasteiger partial charge in [0.05, 0.1) is 0 Å². The number of hydrogen-bond donors (Lipinski definition) is 0. The zero-order valence-corrected chi connectivity index (χ0v) is 9.51. The molecule has 0 saturated carbocycles. The molecule has 0 spiro atoms. The Balaban J connectivity index is 4.54. The van der Waals surface area contributed by atoms with Crippen LogP contribution in [0.4, 0.5) is 0 Å². The molecule has 0 bridgehead atoms. The predicted molar refractivity (Wildman–Crippen MR) is 65.8 cm³/mol. The van der Waals surface area contributed by atoms with Gasteiger partial charge in [0.2, 0.25) is 0 Å². The van der Waals surface area contributed by atoms with Crippen LogP contribution in [0.5, 0.6) is 0 Å². The van der Waals surface area contributed by atoms with Crippen LogP contribution in [0.1, 0.15) is 20.3 Å². The van der Waals surface area contributed by atoms with E-state index in [9.17, 15) is 0 Å². The number of aliphatic imine (C=N–C) groups is 1. The molecule has 2 heteroatoms. The van der Waals surface area contributed by atoms with Gasteiger partial charge in [-0.3, -0.25) is 4.99 Å². The molecule has 0 heterocycles. The minimum Gasteiger partial charge on any atom is -0.261 e. The molecule has 0 aliphatic heterocycles. The van der Waals surface area contributed by atoms with Crippen molar-refractivity contribution in [3.63, 3.8) is 0 Å². The maximum Gasteiger partial charge on any atom is 0.0490 e. The van der Waals surface area contributed by atoms with Crippen LogP contribution >= 0.6 is 11.6 Å². The van der Waals surface area contributed by atoms with Crippen molar-refractivity contribution in [3.8, 4) is 0 Å². The minimum atomic E-state index is 0.575. The third kappa shape index (κ3) is 4.83. The van der Waals surface area contributed by atoms with E-state index in [1.807, 2.05) is 13.0 Å². The Morgan fingerprint density at radius 1 is 1.50 bits per heavy atom. The van der Waals surface area contributed by atoms with Gasteiger partial charge in [-0.15, -0.1) is 0 Å². The van der Waals surface area contributed by atoms with Gasteiger partial charge in [-0.1, -0.05) is 43.8 Å². The Morgan fingerprint density at radius 2 is 2.14 bits per heavy atom. The van der Waals surface area contributed by atoms with E-state index in [0.29, 0.717) is 5.03 Å². The van der Waals surface area contributed by atoms with Crippen molar-refractivity contribution in [2.24, 2.45) is 4.99 Å². The van der Waals surface area contributed by atoms with Crippen molar-refractivity contribution >= 4 is 17.3 Å². The average Bonchev–Trinajstić information content (AvgIpc) is 2.17. The lowest BCUT2D eigenvalue weighted by Gasteiger charge is -2.01. The molecule has 0 aliphatic rings. The molecule has 0 saturated heterocycles. The highest BCUT2D eigenvalue weighted by Gasteiger charge is 2.00. The molecule has 1 nitrogen and oxygen atoms in total. The maximum atomic E-state index is 5.92. The van der Waals surface area contributed by atoms with E-state index in [4.69, 9.17) is 11.6 Å². The van der Waals surface area contributed by atoms with E-state index < -0.39 is 0 Å². The first kappa shape index (κ1) is 12.9. The Hall–Kier alpha value is -1.08. The molecule has 0 aromatic rings. The Kier molecular flexibility index (Phi) is 6.77. The van der Waals surface area contributed by atoms with Crippen molar-refractivity contribution in [1.82, 2.24) is 0 Å². The van der Waals surface area contributed by atoms with Crippen molar-refractivity contribution in [1.29, 1.82) is 0 Å². The monoisotopic (exact) mass is 209 g/mol. The van der Waals surface area contributed by atoms with Crippen LogP contribution in [0.25, 0.3) is 0 Å². The average molecular weight is 210 g/mol. The summed E-state index contributed by atoms with van der Waals surface area (Å²) in [5, 5.41) is 0.575. The highest BCUT2D eigenvalue weighted by molar-refractivity contribution is 6.35. The lowest BCUT2D eigenvalue weighted by Crippen LogP contribution is -1.94. The summed E-state index contributed by atoms with van der Waals surface area (Å²) in [7, 11) is 0. The van der Waals surface area contributed by atoms with Gasteiger partial charge in [0.25, 0.3) is 0 Å². The van der Waals surface area contributed by atoms with E-state index in [1.54, 1.807) is 18.4 Å². The second kappa shape index (κ2) is 7.34. The Bertz CT molecular complexity index is 295. The second-order valence-electron chi connectivity index (χ2n) is 2.74. The van der Waals surface area contributed by atoms with Gasteiger partial charge in [-0.25, -0.2) is 0 Å². The molecule has 0 fully saturated rings. The van der Waals surface area contributed by atoms with Crippen LogP contribution in [0, 0.1) is 0 Å². The number of nitrogens with zero attached hydrogens (tertiary/aromatic N) is 1. The Labute approximate surface area is 91.2 Å². The quantitative estimate of drug-likeness (QED) is 0.475. The summed E-state index contributed by atoms with van der Waals surface area (Å²) in [5.74, 6) is 0. The fraction of sp³-hybridized carbons (Fsp3) is 0.250. The molecule has 0 aliphatic carbocycles. The molecule has 14 heavy (non-hydrogen) atoms. The van der Waals surface area contributed by atoms with Crippen molar-refractivity contribution in [2.45, 2.75) is 20.3 Å². The summed E-state index contributed by atoms with van der Waals surface area (Å²) in [6.45, 7) is 11.3. The maximum absolute atomic E-state index is 5.92. The minimum absolute atomic E-state index is 0.575. The fourth-order valence-electron chi connectivity index (χ4n) is 0.725. The molecule has 0 amide bonds. The van der Waals surface area contributed by atoms with Crippen molar-refractivity contribution < 1.29 is 0 Å². The van der Waals surface area contributed by atoms with Crippen LogP contribution in [-0.4, -0.2) is 5.71 Å². The van der Waals surface area contributed by atoms with Crippen LogP contribution in [0.3, 0.4) is 0 Å². The zero-order chi connectivity index (χ0) is 11.0. The highest BCUT2D eigenvalue weighted by Crippen LogP contribution is 2.14. The standard InChI is InChI=1S/C12H16ClN/c1-5-7-9-14-11(4)10(3)12(13)8-6-2/h6-9H,2-3,5H2,1,4H3/b9-7-,12-8+,14-11?. The van der Waals surface area contributed by atoms with E-state index >= 15 is 0 Å². The third-order valence-electron chi connectivity index (χ3n) is 1.60. The molecule has 0 aromatic carbocycles. The number of allylic oxidation sites excluding steroid dienone is 5. The van der Waals surface area contributed by atoms with Gasteiger partial charge in [0.15, 0.2) is 0 Å². The molecular weight excluding hydrogens is 194 g/mol. The molecule has 0 N–H and O–H groups in total. The topological polar surface area (TPSA) is 12.4 Å². The smallest absolute Gasteiger partial charge is 0.0490 e. The normalized spacial score (nSPS) is 13.4. The first-order valence-electron chi connectivity index (χ1n) is 4.50. The van der Waals surface area contributed by atoms with Gasteiger partial charge < -0.3 is 0 Å². The number of rotatable bonds is 5. The molecule has 0 unspecified atom stereocenters. The molecular formula is C12H16ClN. The summed E-state index contributed by atoms with van der Waals surface area (Å²) in [6.07, 6.45) is 8.04. The molecule has 0 rings (SSSR count). The van der Waals surface area contributed by atoms with Crippen molar-refractivity contribution in [3.05, 3.63) is 48.2 Å².